The zero-order valence-corrected chi connectivity index (χ0v) is 11.2. The summed E-state index contributed by atoms with van der Waals surface area (Å²) < 4.78 is 17.9. The molecule has 0 radical (unpaired) electrons. The van der Waals surface area contributed by atoms with Crippen molar-refractivity contribution in [3.05, 3.63) is 35.6 Å². The SMILES string of the molecule is CCOC(=O)CCNC1CC(c2cccc(F)c2)C1. The molecule has 0 unspecified atom stereocenters. The summed E-state index contributed by atoms with van der Waals surface area (Å²) >= 11 is 0. The number of ether oxygens (including phenoxy) is 1. The number of benzene rings is 1. The average molecular weight is 265 g/mol. The quantitative estimate of drug-likeness (QED) is 0.804. The van der Waals surface area contributed by atoms with Crippen LogP contribution in [0.25, 0.3) is 0 Å². The Morgan fingerprint density at radius 1 is 1.47 bits per heavy atom. The highest BCUT2D eigenvalue weighted by Gasteiger charge is 2.29. The van der Waals surface area contributed by atoms with Gasteiger partial charge in [0, 0.05) is 12.6 Å². The van der Waals surface area contributed by atoms with Crippen LogP contribution in [0, 0.1) is 5.82 Å². The van der Waals surface area contributed by atoms with Gasteiger partial charge in [-0.05, 0) is 43.4 Å². The molecule has 3 nitrogen and oxygen atoms in total. The molecule has 0 aliphatic heterocycles. The van der Waals surface area contributed by atoms with Crippen LogP contribution >= 0.6 is 0 Å². The van der Waals surface area contributed by atoms with Crippen molar-refractivity contribution in [2.45, 2.75) is 38.1 Å². The molecule has 19 heavy (non-hydrogen) atoms. The molecule has 1 N–H and O–H groups in total. The van der Waals surface area contributed by atoms with Crippen LogP contribution in [0.1, 0.15) is 37.7 Å². The Hall–Kier alpha value is -1.42. The van der Waals surface area contributed by atoms with Crippen molar-refractivity contribution >= 4 is 5.97 Å². The maximum atomic E-state index is 13.1. The zero-order valence-electron chi connectivity index (χ0n) is 11.2. The molecule has 0 aromatic heterocycles. The monoisotopic (exact) mass is 265 g/mol. The molecule has 1 aliphatic carbocycles. The molecule has 0 amide bonds. The summed E-state index contributed by atoms with van der Waals surface area (Å²) in [5, 5.41) is 3.33. The first kappa shape index (κ1) is 14.0. The van der Waals surface area contributed by atoms with E-state index in [9.17, 15) is 9.18 Å². The van der Waals surface area contributed by atoms with Crippen LogP contribution in [0.2, 0.25) is 0 Å². The highest BCUT2D eigenvalue weighted by atomic mass is 19.1. The van der Waals surface area contributed by atoms with Gasteiger partial charge in [-0.3, -0.25) is 4.79 Å². The van der Waals surface area contributed by atoms with Gasteiger partial charge in [0.05, 0.1) is 13.0 Å². The van der Waals surface area contributed by atoms with E-state index in [-0.39, 0.29) is 11.8 Å². The van der Waals surface area contributed by atoms with Crippen molar-refractivity contribution in [2.75, 3.05) is 13.2 Å². The smallest absolute Gasteiger partial charge is 0.307 e. The number of hydrogen-bond acceptors (Lipinski definition) is 3. The van der Waals surface area contributed by atoms with E-state index in [1.54, 1.807) is 19.1 Å². The fraction of sp³-hybridized carbons (Fsp3) is 0.533. The van der Waals surface area contributed by atoms with Crippen LogP contribution < -0.4 is 5.32 Å². The van der Waals surface area contributed by atoms with Gasteiger partial charge < -0.3 is 10.1 Å². The minimum atomic E-state index is -0.170. The molecular weight excluding hydrogens is 245 g/mol. The van der Waals surface area contributed by atoms with Gasteiger partial charge in [0.1, 0.15) is 5.82 Å². The van der Waals surface area contributed by atoms with E-state index in [0.29, 0.717) is 31.5 Å². The third-order valence-corrected chi connectivity index (χ3v) is 3.53. The van der Waals surface area contributed by atoms with Crippen LogP contribution in [-0.4, -0.2) is 25.2 Å². The van der Waals surface area contributed by atoms with Crippen molar-refractivity contribution in [3.8, 4) is 0 Å². The average Bonchev–Trinajstić information content (AvgIpc) is 2.32. The summed E-state index contributed by atoms with van der Waals surface area (Å²) in [4.78, 5) is 11.2. The molecule has 4 heteroatoms. The van der Waals surface area contributed by atoms with Gasteiger partial charge >= 0.3 is 5.97 Å². The molecule has 0 spiro atoms. The number of carbonyl (C=O) groups excluding carboxylic acids is 1. The second-order valence-electron chi connectivity index (χ2n) is 4.93. The Labute approximate surface area is 113 Å². The van der Waals surface area contributed by atoms with Crippen molar-refractivity contribution in [3.63, 3.8) is 0 Å². The fourth-order valence-electron chi connectivity index (χ4n) is 2.43. The largest absolute Gasteiger partial charge is 0.466 e. The van der Waals surface area contributed by atoms with Crippen LogP contribution in [0.5, 0.6) is 0 Å². The Kier molecular flexibility index (Phi) is 4.91. The summed E-state index contributed by atoms with van der Waals surface area (Å²) in [6.07, 6.45) is 2.42. The van der Waals surface area contributed by atoms with Gasteiger partial charge in [0.25, 0.3) is 0 Å². The first-order valence-electron chi connectivity index (χ1n) is 6.83. The topological polar surface area (TPSA) is 38.3 Å². The van der Waals surface area contributed by atoms with Crippen molar-refractivity contribution in [2.24, 2.45) is 0 Å². The summed E-state index contributed by atoms with van der Waals surface area (Å²) in [6, 6.07) is 7.24. The zero-order chi connectivity index (χ0) is 13.7. The van der Waals surface area contributed by atoms with E-state index in [4.69, 9.17) is 4.74 Å². The van der Waals surface area contributed by atoms with Gasteiger partial charge in [-0.2, -0.15) is 0 Å². The lowest BCUT2D eigenvalue weighted by atomic mass is 9.76. The number of nitrogens with one attached hydrogen (secondary N) is 1. The Balaban J connectivity index is 1.65. The fourth-order valence-corrected chi connectivity index (χ4v) is 2.43. The number of halogens is 1. The Bertz CT molecular complexity index is 430. The van der Waals surface area contributed by atoms with E-state index in [2.05, 4.69) is 5.32 Å². The van der Waals surface area contributed by atoms with Gasteiger partial charge in [-0.15, -0.1) is 0 Å². The molecule has 1 aliphatic rings. The number of hydrogen-bond donors (Lipinski definition) is 1. The maximum Gasteiger partial charge on any atom is 0.307 e. The van der Waals surface area contributed by atoms with E-state index in [0.717, 1.165) is 18.4 Å². The van der Waals surface area contributed by atoms with Gasteiger partial charge in [-0.1, -0.05) is 12.1 Å². The molecule has 104 valence electrons. The third-order valence-electron chi connectivity index (χ3n) is 3.53. The van der Waals surface area contributed by atoms with E-state index in [1.165, 1.54) is 6.07 Å². The van der Waals surface area contributed by atoms with Crippen LogP contribution in [0.15, 0.2) is 24.3 Å². The molecule has 1 fully saturated rings. The third kappa shape index (κ3) is 4.03. The summed E-state index contributed by atoms with van der Waals surface area (Å²) in [6.45, 7) is 2.89. The molecule has 0 bridgehead atoms. The minimum absolute atomic E-state index is 0.156. The van der Waals surface area contributed by atoms with Crippen LogP contribution in [0.4, 0.5) is 4.39 Å². The van der Waals surface area contributed by atoms with E-state index < -0.39 is 0 Å². The lowest BCUT2D eigenvalue weighted by Crippen LogP contribution is -2.41. The summed E-state index contributed by atoms with van der Waals surface area (Å²) in [7, 11) is 0. The van der Waals surface area contributed by atoms with E-state index in [1.807, 2.05) is 6.07 Å². The van der Waals surface area contributed by atoms with Gasteiger partial charge in [0.2, 0.25) is 0 Å². The van der Waals surface area contributed by atoms with E-state index >= 15 is 0 Å². The predicted octanol–water partition coefficient (Wildman–Crippen LogP) is 2.61. The van der Waals surface area contributed by atoms with Gasteiger partial charge in [0.15, 0.2) is 0 Å². The first-order chi connectivity index (χ1) is 9.19. The van der Waals surface area contributed by atoms with Crippen molar-refractivity contribution in [1.29, 1.82) is 0 Å². The molecule has 0 heterocycles. The Morgan fingerprint density at radius 3 is 2.95 bits per heavy atom. The molecule has 1 aromatic carbocycles. The second kappa shape index (κ2) is 6.66. The first-order valence-corrected chi connectivity index (χ1v) is 6.83. The molecule has 0 atom stereocenters. The normalized spacial score (nSPS) is 21.8. The lowest BCUT2D eigenvalue weighted by Gasteiger charge is -2.36. The number of rotatable bonds is 6. The minimum Gasteiger partial charge on any atom is -0.466 e. The highest BCUT2D eigenvalue weighted by Crippen LogP contribution is 2.36. The Morgan fingerprint density at radius 2 is 2.26 bits per heavy atom. The summed E-state index contributed by atoms with van der Waals surface area (Å²) in [5.41, 5.74) is 1.07. The molecule has 1 aromatic rings. The second-order valence-corrected chi connectivity index (χ2v) is 4.93. The maximum absolute atomic E-state index is 13.1. The highest BCUT2D eigenvalue weighted by molar-refractivity contribution is 5.69. The lowest BCUT2D eigenvalue weighted by molar-refractivity contribution is -0.143. The number of esters is 1. The van der Waals surface area contributed by atoms with Crippen molar-refractivity contribution < 1.29 is 13.9 Å². The van der Waals surface area contributed by atoms with Crippen LogP contribution in [-0.2, 0) is 9.53 Å². The van der Waals surface area contributed by atoms with Crippen LogP contribution in [0.3, 0.4) is 0 Å². The molecular formula is C15H20FNO2. The molecule has 2 rings (SSSR count). The summed E-state index contributed by atoms with van der Waals surface area (Å²) in [5.74, 6) is 0.114. The standard InChI is InChI=1S/C15H20FNO2/c1-2-19-15(18)6-7-17-14-9-12(10-14)11-4-3-5-13(16)8-11/h3-5,8,12,14,17H,2,6-7,9-10H2,1H3. The van der Waals surface area contributed by atoms with Gasteiger partial charge in [-0.25, -0.2) is 4.39 Å². The number of carbonyl (C=O) groups is 1. The predicted molar refractivity (Wildman–Crippen MR) is 71.4 cm³/mol. The molecule has 0 saturated heterocycles. The van der Waals surface area contributed by atoms with Crippen molar-refractivity contribution in [1.82, 2.24) is 5.32 Å². The molecule has 1 saturated carbocycles.